The van der Waals surface area contributed by atoms with Crippen molar-refractivity contribution >= 4 is 23.0 Å². The molecule has 2 aromatic carbocycles. The third-order valence-corrected chi connectivity index (χ3v) is 5.45. The van der Waals surface area contributed by atoms with Gasteiger partial charge in [-0.15, -0.1) is 0 Å². The number of carbonyl (C=O) groups excluding carboxylic acids is 1. The van der Waals surface area contributed by atoms with Crippen LogP contribution >= 0.6 is 0 Å². The number of nitrogens with zero attached hydrogens (tertiary/aromatic N) is 3. The third-order valence-electron chi connectivity index (χ3n) is 5.45. The molecule has 0 aliphatic carbocycles. The highest BCUT2D eigenvalue weighted by Crippen LogP contribution is 2.38. The predicted molar refractivity (Wildman–Crippen MR) is 102 cm³/mol. The molecule has 4 rings (SSSR count). The summed E-state index contributed by atoms with van der Waals surface area (Å²) in [5.74, 6) is -0.181. The highest BCUT2D eigenvalue weighted by Gasteiger charge is 2.33. The maximum atomic E-state index is 14.0. The Balaban J connectivity index is 1.67. The van der Waals surface area contributed by atoms with Crippen LogP contribution in [0.3, 0.4) is 0 Å². The van der Waals surface area contributed by atoms with E-state index in [4.69, 9.17) is 0 Å². The van der Waals surface area contributed by atoms with E-state index < -0.39 is 0 Å². The molecule has 1 atom stereocenters. The van der Waals surface area contributed by atoms with E-state index in [0.717, 1.165) is 43.0 Å². The molecule has 0 N–H and O–H groups in total. The number of rotatable bonds is 3. The minimum atomic E-state index is -0.286. The molecule has 2 aliphatic rings. The molecule has 0 saturated carbocycles. The van der Waals surface area contributed by atoms with Crippen LogP contribution in [0.4, 0.5) is 21.5 Å². The van der Waals surface area contributed by atoms with Crippen molar-refractivity contribution in [2.75, 3.05) is 36.0 Å². The zero-order valence-corrected chi connectivity index (χ0v) is 15.1. The lowest BCUT2D eigenvalue weighted by Gasteiger charge is -2.39. The van der Waals surface area contributed by atoms with Gasteiger partial charge in [0.2, 0.25) is 5.91 Å². The second-order valence-corrected chi connectivity index (χ2v) is 7.03. The normalized spacial score (nSPS) is 18.7. The van der Waals surface area contributed by atoms with Crippen molar-refractivity contribution in [2.24, 2.45) is 0 Å². The number of fused-ring (bicyclic) bond motifs is 1. The van der Waals surface area contributed by atoms with Gasteiger partial charge in [-0.2, -0.15) is 0 Å². The van der Waals surface area contributed by atoms with Gasteiger partial charge in [0, 0.05) is 18.8 Å². The molecule has 2 aromatic rings. The van der Waals surface area contributed by atoms with Gasteiger partial charge in [0.25, 0.3) is 0 Å². The quantitative estimate of drug-likeness (QED) is 0.840. The maximum absolute atomic E-state index is 14.0. The second kappa shape index (κ2) is 7.08. The summed E-state index contributed by atoms with van der Waals surface area (Å²) in [6, 6.07) is 14.5. The van der Waals surface area contributed by atoms with Crippen molar-refractivity contribution < 1.29 is 9.18 Å². The molecule has 0 aromatic heterocycles. The van der Waals surface area contributed by atoms with Gasteiger partial charge in [-0.3, -0.25) is 9.69 Å². The number of hydrogen-bond acceptors (Lipinski definition) is 3. The van der Waals surface area contributed by atoms with Crippen molar-refractivity contribution in [3.8, 4) is 0 Å². The number of anilines is 3. The van der Waals surface area contributed by atoms with Crippen molar-refractivity contribution in [3.05, 3.63) is 54.3 Å². The second-order valence-electron chi connectivity index (χ2n) is 7.03. The topological polar surface area (TPSA) is 26.8 Å². The lowest BCUT2D eigenvalue weighted by molar-refractivity contribution is -0.122. The van der Waals surface area contributed by atoms with Gasteiger partial charge in [-0.1, -0.05) is 18.2 Å². The summed E-state index contributed by atoms with van der Waals surface area (Å²) < 4.78 is 14.0. The zero-order chi connectivity index (χ0) is 18.1. The summed E-state index contributed by atoms with van der Waals surface area (Å²) in [6.45, 7) is 5.20. The van der Waals surface area contributed by atoms with Gasteiger partial charge in [0.1, 0.15) is 5.82 Å². The minimum Gasteiger partial charge on any atom is -0.338 e. The fourth-order valence-electron chi connectivity index (χ4n) is 4.00. The number of hydrogen-bond donors (Lipinski definition) is 0. The lowest BCUT2D eigenvalue weighted by Crippen LogP contribution is -2.50. The molecule has 0 bridgehead atoms. The summed E-state index contributed by atoms with van der Waals surface area (Å²) in [7, 11) is 0. The molecule has 0 radical (unpaired) electrons. The summed E-state index contributed by atoms with van der Waals surface area (Å²) >= 11 is 0. The smallest absolute Gasteiger partial charge is 0.244 e. The number of carbonyl (C=O) groups is 1. The Morgan fingerprint density at radius 1 is 0.962 bits per heavy atom. The highest BCUT2D eigenvalue weighted by molar-refractivity contribution is 6.01. The molecule has 4 nitrogen and oxygen atoms in total. The Hall–Kier alpha value is -2.40. The summed E-state index contributed by atoms with van der Waals surface area (Å²) in [6.07, 6.45) is 2.31. The molecule has 0 spiro atoms. The first kappa shape index (κ1) is 17.0. The largest absolute Gasteiger partial charge is 0.338 e. The summed E-state index contributed by atoms with van der Waals surface area (Å²) in [4.78, 5) is 19.3. The first-order valence-corrected chi connectivity index (χ1v) is 9.33. The van der Waals surface area contributed by atoms with Crippen molar-refractivity contribution in [3.63, 3.8) is 0 Å². The van der Waals surface area contributed by atoms with E-state index >= 15 is 0 Å². The first-order valence-electron chi connectivity index (χ1n) is 9.33. The molecule has 136 valence electrons. The molecule has 1 fully saturated rings. The number of para-hydroxylation sites is 1. The van der Waals surface area contributed by atoms with Crippen LogP contribution in [-0.4, -0.2) is 43.0 Å². The summed E-state index contributed by atoms with van der Waals surface area (Å²) in [5, 5.41) is 0. The minimum absolute atomic E-state index is 0.104. The van der Waals surface area contributed by atoms with E-state index in [1.165, 1.54) is 12.1 Å². The molecule has 26 heavy (non-hydrogen) atoms. The van der Waals surface area contributed by atoms with Gasteiger partial charge in [-0.05, 0) is 63.2 Å². The fraction of sp³-hybridized carbons (Fsp3) is 0.381. The molecule has 1 unspecified atom stereocenters. The number of benzene rings is 2. The van der Waals surface area contributed by atoms with Crippen LogP contribution in [0.5, 0.6) is 0 Å². The molecular weight excluding hydrogens is 329 g/mol. The highest BCUT2D eigenvalue weighted by atomic mass is 19.1. The molecule has 5 heteroatoms. The summed E-state index contributed by atoms with van der Waals surface area (Å²) in [5.41, 5.74) is 2.56. The molecular formula is C21H24FN3O. The average Bonchev–Trinajstić information content (AvgIpc) is 3.21. The number of likely N-dealkylation sites (tertiary alicyclic amines) is 1. The molecule has 2 heterocycles. The maximum Gasteiger partial charge on any atom is 0.244 e. The van der Waals surface area contributed by atoms with Crippen molar-refractivity contribution in [1.29, 1.82) is 0 Å². The van der Waals surface area contributed by atoms with Crippen LogP contribution in [0, 0.1) is 5.82 Å². The van der Waals surface area contributed by atoms with Gasteiger partial charge >= 0.3 is 0 Å². The Morgan fingerprint density at radius 2 is 1.69 bits per heavy atom. The Kier molecular flexibility index (Phi) is 4.64. The fourth-order valence-corrected chi connectivity index (χ4v) is 4.00. The van der Waals surface area contributed by atoms with E-state index in [2.05, 4.69) is 9.80 Å². The Labute approximate surface area is 153 Å². The molecule has 1 saturated heterocycles. The monoisotopic (exact) mass is 353 g/mol. The van der Waals surface area contributed by atoms with E-state index in [1.54, 1.807) is 6.07 Å². The van der Waals surface area contributed by atoms with Crippen molar-refractivity contribution in [2.45, 2.75) is 25.8 Å². The number of halogens is 1. The van der Waals surface area contributed by atoms with Gasteiger partial charge in [0.05, 0.1) is 17.4 Å². The van der Waals surface area contributed by atoms with Crippen LogP contribution in [-0.2, 0) is 4.79 Å². The van der Waals surface area contributed by atoms with E-state index in [9.17, 15) is 9.18 Å². The Bertz CT molecular complexity index is 789. The Morgan fingerprint density at radius 3 is 2.42 bits per heavy atom. The van der Waals surface area contributed by atoms with Gasteiger partial charge in [0.15, 0.2) is 0 Å². The zero-order valence-electron chi connectivity index (χ0n) is 15.1. The van der Waals surface area contributed by atoms with Crippen LogP contribution in [0.1, 0.15) is 19.8 Å². The molecule has 1 amide bonds. The van der Waals surface area contributed by atoms with Crippen LogP contribution in [0.25, 0.3) is 0 Å². The van der Waals surface area contributed by atoms with E-state index in [0.29, 0.717) is 13.1 Å². The van der Waals surface area contributed by atoms with Crippen LogP contribution in [0.15, 0.2) is 48.5 Å². The third kappa shape index (κ3) is 3.07. The number of amides is 1. The van der Waals surface area contributed by atoms with Crippen LogP contribution in [0.2, 0.25) is 0 Å². The standard InChI is InChI=1S/C21H24FN3O/c1-16(23-11-5-6-12-23)21(26)25-14-13-24(18-7-3-2-4-8-18)20-15-17(22)9-10-19(20)25/h2-4,7-10,15-16H,5-6,11-14H2,1H3. The van der Waals surface area contributed by atoms with E-state index in [1.807, 2.05) is 42.2 Å². The average molecular weight is 353 g/mol. The van der Waals surface area contributed by atoms with E-state index in [-0.39, 0.29) is 17.8 Å². The van der Waals surface area contributed by atoms with Gasteiger partial charge < -0.3 is 9.80 Å². The molecule has 2 aliphatic heterocycles. The van der Waals surface area contributed by atoms with Crippen molar-refractivity contribution in [1.82, 2.24) is 4.90 Å². The SMILES string of the molecule is CC(C(=O)N1CCN(c2ccccc2)c2cc(F)ccc21)N1CCCC1. The van der Waals surface area contributed by atoms with Crippen LogP contribution < -0.4 is 9.80 Å². The predicted octanol–water partition coefficient (Wildman–Crippen LogP) is 3.79. The first-order chi connectivity index (χ1) is 12.6. The lowest BCUT2D eigenvalue weighted by atomic mass is 10.1. The van der Waals surface area contributed by atoms with Gasteiger partial charge in [-0.25, -0.2) is 4.39 Å².